The van der Waals surface area contributed by atoms with E-state index in [1.54, 1.807) is 0 Å². The zero-order chi connectivity index (χ0) is 15.5. The summed E-state index contributed by atoms with van der Waals surface area (Å²) in [6, 6.07) is 8.14. The van der Waals surface area contributed by atoms with E-state index in [4.69, 9.17) is 9.84 Å². The van der Waals surface area contributed by atoms with Crippen molar-refractivity contribution >= 4 is 5.82 Å². The normalized spacial score (nSPS) is 14.4. The van der Waals surface area contributed by atoms with E-state index in [0.717, 1.165) is 30.2 Å². The zero-order valence-electron chi connectivity index (χ0n) is 13.7. The van der Waals surface area contributed by atoms with Crippen LogP contribution in [0.15, 0.2) is 24.3 Å². The lowest BCUT2D eigenvalue weighted by atomic mass is 10.0. The fraction of sp³-hybridized carbons (Fsp3) is 0.500. The van der Waals surface area contributed by atoms with E-state index in [9.17, 15) is 0 Å². The van der Waals surface area contributed by atoms with Gasteiger partial charge < -0.3 is 10.1 Å². The molecule has 0 aliphatic carbocycles. The van der Waals surface area contributed by atoms with Crippen LogP contribution in [0.5, 0.6) is 5.75 Å². The molecule has 0 fully saturated rings. The minimum atomic E-state index is 0.425. The Bertz CT molecular complexity index is 646. The van der Waals surface area contributed by atoms with Gasteiger partial charge in [-0.25, -0.2) is 4.68 Å². The lowest BCUT2D eigenvalue weighted by molar-refractivity contribution is 0.338. The number of hydrogen-bond acceptors (Lipinski definition) is 3. The Morgan fingerprint density at radius 1 is 1.27 bits per heavy atom. The second-order valence-electron chi connectivity index (χ2n) is 6.06. The molecule has 0 amide bonds. The highest BCUT2D eigenvalue weighted by Crippen LogP contribution is 2.34. The first kappa shape index (κ1) is 14.9. The number of ether oxygens (including phenoxy) is 1. The Hall–Kier alpha value is -1.97. The van der Waals surface area contributed by atoms with Gasteiger partial charge in [0.05, 0.1) is 12.3 Å². The largest absolute Gasteiger partial charge is 0.492 e. The molecule has 0 radical (unpaired) electrons. The molecule has 4 nitrogen and oxygen atoms in total. The third-order valence-corrected chi connectivity index (χ3v) is 4.10. The van der Waals surface area contributed by atoms with Crippen molar-refractivity contribution in [2.75, 3.05) is 18.5 Å². The van der Waals surface area contributed by atoms with Crippen molar-refractivity contribution in [3.63, 3.8) is 0 Å². The summed E-state index contributed by atoms with van der Waals surface area (Å²) in [7, 11) is 0. The maximum absolute atomic E-state index is 5.79. The molecule has 1 N–H and O–H groups in total. The van der Waals surface area contributed by atoms with Gasteiger partial charge in [-0.1, -0.05) is 26.0 Å². The fourth-order valence-corrected chi connectivity index (χ4v) is 3.08. The van der Waals surface area contributed by atoms with Crippen molar-refractivity contribution in [2.24, 2.45) is 0 Å². The van der Waals surface area contributed by atoms with Crippen molar-refractivity contribution in [2.45, 2.75) is 46.0 Å². The summed E-state index contributed by atoms with van der Waals surface area (Å²) < 4.78 is 7.84. The van der Waals surface area contributed by atoms with Crippen LogP contribution in [0, 0.1) is 0 Å². The summed E-state index contributed by atoms with van der Waals surface area (Å²) >= 11 is 0. The van der Waals surface area contributed by atoms with Gasteiger partial charge in [-0.3, -0.25) is 0 Å². The van der Waals surface area contributed by atoms with Crippen LogP contribution < -0.4 is 10.1 Å². The van der Waals surface area contributed by atoms with E-state index < -0.39 is 0 Å². The number of rotatable bonds is 4. The molecule has 0 bridgehead atoms. The van der Waals surface area contributed by atoms with Crippen molar-refractivity contribution in [1.29, 1.82) is 0 Å². The van der Waals surface area contributed by atoms with Crippen LogP contribution >= 0.6 is 0 Å². The van der Waals surface area contributed by atoms with Crippen molar-refractivity contribution in [1.82, 2.24) is 9.78 Å². The lowest BCUT2D eigenvalue weighted by Crippen LogP contribution is -2.08. The molecule has 4 heteroatoms. The smallest absolute Gasteiger partial charge is 0.145 e. The molecular weight excluding hydrogens is 274 g/mol. The van der Waals surface area contributed by atoms with Gasteiger partial charge in [0.2, 0.25) is 0 Å². The monoisotopic (exact) mass is 299 g/mol. The second kappa shape index (κ2) is 6.42. The second-order valence-corrected chi connectivity index (χ2v) is 6.06. The minimum absolute atomic E-state index is 0.425. The molecule has 22 heavy (non-hydrogen) atoms. The molecule has 3 rings (SSSR count). The molecular formula is C18H25N3O. The highest BCUT2D eigenvalue weighted by atomic mass is 16.5. The fourth-order valence-electron chi connectivity index (χ4n) is 3.08. The van der Waals surface area contributed by atoms with Gasteiger partial charge in [-0.15, -0.1) is 0 Å². The number of nitrogens with zero attached hydrogens (tertiary/aromatic N) is 2. The molecule has 0 unspecified atom stereocenters. The standard InChI is InChI=1S/C18H25N3O/c1-4-22-16-11-6-5-10-15(16)21-18-14(9-7-8-12-19-18)17(20-21)13(2)3/h5-6,10-11,13,19H,4,7-9,12H2,1-3H3. The molecule has 1 aliphatic rings. The van der Waals surface area contributed by atoms with E-state index in [1.807, 2.05) is 29.8 Å². The topological polar surface area (TPSA) is 39.1 Å². The average Bonchev–Trinajstić information content (AvgIpc) is 2.70. The van der Waals surface area contributed by atoms with Crippen molar-refractivity contribution < 1.29 is 4.74 Å². The predicted octanol–water partition coefficient (Wildman–Crippen LogP) is 4.14. The summed E-state index contributed by atoms with van der Waals surface area (Å²) in [6.07, 6.45) is 3.53. The van der Waals surface area contributed by atoms with E-state index in [-0.39, 0.29) is 0 Å². The van der Waals surface area contributed by atoms with E-state index in [2.05, 4.69) is 25.2 Å². The van der Waals surface area contributed by atoms with Crippen LogP contribution in [-0.2, 0) is 6.42 Å². The number of aromatic nitrogens is 2. The van der Waals surface area contributed by atoms with Crippen LogP contribution in [0.3, 0.4) is 0 Å². The van der Waals surface area contributed by atoms with E-state index in [1.165, 1.54) is 24.1 Å². The summed E-state index contributed by atoms with van der Waals surface area (Å²) in [4.78, 5) is 0. The van der Waals surface area contributed by atoms with Crippen LogP contribution in [0.2, 0.25) is 0 Å². The Labute approximate surface area is 132 Å². The number of para-hydroxylation sites is 2. The molecule has 1 aromatic heterocycles. The molecule has 0 atom stereocenters. The first-order valence-electron chi connectivity index (χ1n) is 8.30. The Morgan fingerprint density at radius 3 is 2.86 bits per heavy atom. The van der Waals surface area contributed by atoms with E-state index in [0.29, 0.717) is 12.5 Å². The van der Waals surface area contributed by atoms with Gasteiger partial charge in [0.25, 0.3) is 0 Å². The number of anilines is 1. The van der Waals surface area contributed by atoms with Gasteiger partial charge in [-0.2, -0.15) is 5.10 Å². The molecule has 0 spiro atoms. The Balaban J connectivity index is 2.15. The molecule has 0 saturated carbocycles. The third-order valence-electron chi connectivity index (χ3n) is 4.10. The lowest BCUT2D eigenvalue weighted by Gasteiger charge is -2.13. The van der Waals surface area contributed by atoms with Crippen LogP contribution in [0.25, 0.3) is 5.69 Å². The minimum Gasteiger partial charge on any atom is -0.492 e. The Kier molecular flexibility index (Phi) is 4.36. The molecule has 2 aromatic rings. The van der Waals surface area contributed by atoms with Crippen molar-refractivity contribution in [3.05, 3.63) is 35.5 Å². The van der Waals surface area contributed by atoms with Crippen LogP contribution in [-0.4, -0.2) is 22.9 Å². The Morgan fingerprint density at radius 2 is 2.09 bits per heavy atom. The van der Waals surface area contributed by atoms with Crippen molar-refractivity contribution in [3.8, 4) is 11.4 Å². The highest BCUT2D eigenvalue weighted by molar-refractivity contribution is 5.58. The van der Waals surface area contributed by atoms with Crippen LogP contribution in [0.4, 0.5) is 5.82 Å². The predicted molar refractivity (Wildman–Crippen MR) is 90.2 cm³/mol. The summed E-state index contributed by atoms with van der Waals surface area (Å²) in [5.74, 6) is 2.46. The molecule has 1 aromatic carbocycles. The number of nitrogens with one attached hydrogen (secondary N) is 1. The molecule has 1 aliphatic heterocycles. The van der Waals surface area contributed by atoms with E-state index >= 15 is 0 Å². The average molecular weight is 299 g/mol. The SMILES string of the molecule is CCOc1ccccc1-n1nc(C(C)C)c2c1NCCCC2. The van der Waals surface area contributed by atoms with Gasteiger partial charge in [0.15, 0.2) is 0 Å². The number of fused-ring (bicyclic) bond motifs is 1. The molecule has 118 valence electrons. The quantitative estimate of drug-likeness (QED) is 0.922. The molecule has 2 heterocycles. The zero-order valence-corrected chi connectivity index (χ0v) is 13.7. The van der Waals surface area contributed by atoms with Gasteiger partial charge in [-0.05, 0) is 44.2 Å². The summed E-state index contributed by atoms with van der Waals surface area (Å²) in [5, 5.41) is 8.50. The van der Waals surface area contributed by atoms with Gasteiger partial charge in [0, 0.05) is 12.1 Å². The maximum Gasteiger partial charge on any atom is 0.145 e. The van der Waals surface area contributed by atoms with Gasteiger partial charge in [0.1, 0.15) is 17.3 Å². The highest BCUT2D eigenvalue weighted by Gasteiger charge is 2.23. The molecule has 0 saturated heterocycles. The summed E-state index contributed by atoms with van der Waals surface area (Å²) in [6.45, 7) is 8.11. The first-order chi connectivity index (χ1) is 10.7. The van der Waals surface area contributed by atoms with Gasteiger partial charge >= 0.3 is 0 Å². The number of benzene rings is 1. The number of hydrogen-bond donors (Lipinski definition) is 1. The summed E-state index contributed by atoms with van der Waals surface area (Å²) in [5.41, 5.74) is 3.59. The maximum atomic E-state index is 5.79. The third kappa shape index (κ3) is 2.70. The first-order valence-corrected chi connectivity index (χ1v) is 8.30. The van der Waals surface area contributed by atoms with Crippen LogP contribution in [0.1, 0.15) is 50.8 Å².